The molecule has 0 saturated carbocycles. The van der Waals surface area contributed by atoms with Crippen LogP contribution in [-0.4, -0.2) is 40.7 Å². The van der Waals surface area contributed by atoms with Crippen LogP contribution in [0.25, 0.3) is 32.6 Å². The van der Waals surface area contributed by atoms with Crippen LogP contribution in [0, 0.1) is 0 Å². The first-order valence-corrected chi connectivity index (χ1v) is 14.1. The van der Waals surface area contributed by atoms with Gasteiger partial charge in [-0.2, -0.15) is 12.6 Å². The molecule has 4 rings (SSSR count). The van der Waals surface area contributed by atoms with E-state index in [0.29, 0.717) is 13.2 Å². The molecule has 5 nitrogen and oxygen atoms in total. The molecule has 0 aliphatic carbocycles. The number of thiol groups is 1. The van der Waals surface area contributed by atoms with Crippen LogP contribution in [-0.2, 0) is 4.74 Å². The second-order valence-electron chi connectivity index (χ2n) is 8.62. The van der Waals surface area contributed by atoms with Gasteiger partial charge < -0.3 is 10.1 Å². The van der Waals surface area contributed by atoms with Crippen LogP contribution in [0.15, 0.2) is 59.8 Å². The van der Waals surface area contributed by atoms with Gasteiger partial charge in [-0.15, -0.1) is 11.8 Å². The minimum absolute atomic E-state index is 0.313. The second kappa shape index (κ2) is 13.5. The maximum absolute atomic E-state index is 11.5. The molecule has 0 aliphatic rings. The molecule has 0 bridgehead atoms. The van der Waals surface area contributed by atoms with Crippen molar-refractivity contribution in [1.29, 1.82) is 0 Å². The Balaban J connectivity index is 1.20. The van der Waals surface area contributed by atoms with Crippen molar-refractivity contribution in [3.05, 3.63) is 54.9 Å². The number of benzene rings is 2. The summed E-state index contributed by atoms with van der Waals surface area (Å²) in [4.78, 5) is 22.0. The van der Waals surface area contributed by atoms with Gasteiger partial charge in [0.25, 0.3) is 0 Å². The summed E-state index contributed by atoms with van der Waals surface area (Å²) in [7, 11) is 0. The first-order chi connectivity index (χ1) is 17.3. The molecule has 0 atom stereocenters. The van der Waals surface area contributed by atoms with Gasteiger partial charge in [-0.1, -0.05) is 43.9 Å². The Labute approximate surface area is 216 Å². The Morgan fingerprint density at radius 2 is 1.51 bits per heavy atom. The lowest BCUT2D eigenvalue weighted by Crippen LogP contribution is -2.25. The van der Waals surface area contributed by atoms with Gasteiger partial charge in [-0.25, -0.2) is 4.79 Å². The molecule has 0 radical (unpaired) electrons. The molecule has 0 fully saturated rings. The van der Waals surface area contributed by atoms with E-state index in [9.17, 15) is 4.79 Å². The third-order valence-corrected chi connectivity index (χ3v) is 7.45. The van der Waals surface area contributed by atoms with Gasteiger partial charge in [0.2, 0.25) is 0 Å². The monoisotopic (exact) mass is 507 g/mol. The van der Waals surface area contributed by atoms with Gasteiger partial charge in [-0.3, -0.25) is 9.97 Å². The SMILES string of the molecule is O=C(NCCCS)OCCCCCCCCSc1ccc2c(c1)c1cccnc1c1ncccc21. The van der Waals surface area contributed by atoms with Crippen LogP contribution in [0.3, 0.4) is 0 Å². The number of ether oxygens (including phenoxy) is 1. The first kappa shape index (κ1) is 25.6. The number of rotatable bonds is 13. The Morgan fingerprint density at radius 3 is 2.26 bits per heavy atom. The zero-order valence-electron chi connectivity index (χ0n) is 20.0. The number of hydrogen-bond acceptors (Lipinski definition) is 6. The third kappa shape index (κ3) is 7.01. The van der Waals surface area contributed by atoms with Gasteiger partial charge in [0.05, 0.1) is 17.6 Å². The zero-order valence-corrected chi connectivity index (χ0v) is 21.8. The molecule has 184 valence electrons. The number of carbonyl (C=O) groups is 1. The number of aromatic nitrogens is 2. The molecule has 1 amide bonds. The van der Waals surface area contributed by atoms with E-state index < -0.39 is 0 Å². The Kier molecular flexibility index (Phi) is 9.90. The largest absolute Gasteiger partial charge is 0.450 e. The number of fused-ring (bicyclic) bond motifs is 6. The summed E-state index contributed by atoms with van der Waals surface area (Å²) >= 11 is 6.05. The summed E-state index contributed by atoms with van der Waals surface area (Å²) in [5.74, 6) is 1.89. The molecule has 0 unspecified atom stereocenters. The highest BCUT2D eigenvalue weighted by Gasteiger charge is 2.10. The van der Waals surface area contributed by atoms with E-state index in [1.807, 2.05) is 36.3 Å². The van der Waals surface area contributed by atoms with Crippen LogP contribution < -0.4 is 5.32 Å². The molecule has 0 aliphatic heterocycles. The molecule has 35 heavy (non-hydrogen) atoms. The van der Waals surface area contributed by atoms with Crippen molar-refractivity contribution in [2.75, 3.05) is 24.7 Å². The van der Waals surface area contributed by atoms with Gasteiger partial charge in [-0.05, 0) is 65.8 Å². The smallest absolute Gasteiger partial charge is 0.407 e. The summed E-state index contributed by atoms with van der Waals surface area (Å²) in [6, 6.07) is 15.1. The zero-order chi connectivity index (χ0) is 24.3. The number of unbranched alkanes of at least 4 members (excludes halogenated alkanes) is 5. The van der Waals surface area contributed by atoms with E-state index in [1.165, 1.54) is 41.4 Å². The molecule has 4 aromatic rings. The maximum Gasteiger partial charge on any atom is 0.407 e. The molecular formula is C28H33N3O2S2. The van der Waals surface area contributed by atoms with E-state index in [4.69, 9.17) is 4.74 Å². The number of thioether (sulfide) groups is 1. The molecule has 2 heterocycles. The lowest BCUT2D eigenvalue weighted by Gasteiger charge is -2.10. The Morgan fingerprint density at radius 1 is 0.829 bits per heavy atom. The first-order valence-electron chi connectivity index (χ1n) is 12.5. The minimum atomic E-state index is -0.313. The van der Waals surface area contributed by atoms with Crippen molar-refractivity contribution in [2.24, 2.45) is 0 Å². The fourth-order valence-corrected chi connectivity index (χ4v) is 5.39. The molecule has 0 saturated heterocycles. The molecule has 2 aromatic heterocycles. The highest BCUT2D eigenvalue weighted by Crippen LogP contribution is 2.35. The van der Waals surface area contributed by atoms with Crippen LogP contribution >= 0.6 is 24.4 Å². The van der Waals surface area contributed by atoms with Crippen molar-refractivity contribution >= 4 is 63.1 Å². The number of amides is 1. The summed E-state index contributed by atoms with van der Waals surface area (Å²) in [6.45, 7) is 1.13. The predicted molar refractivity (Wildman–Crippen MR) is 151 cm³/mol. The van der Waals surface area contributed by atoms with Crippen molar-refractivity contribution in [3.8, 4) is 0 Å². The number of hydrogen-bond donors (Lipinski definition) is 2. The number of carbonyl (C=O) groups excluding carboxylic acids is 1. The highest BCUT2D eigenvalue weighted by molar-refractivity contribution is 7.99. The number of alkyl carbamates (subject to hydrolysis) is 1. The van der Waals surface area contributed by atoms with E-state index in [0.717, 1.165) is 52.6 Å². The topological polar surface area (TPSA) is 64.1 Å². The Bertz CT molecular complexity index is 1230. The van der Waals surface area contributed by atoms with E-state index in [1.54, 1.807) is 0 Å². The molecular weight excluding hydrogens is 474 g/mol. The molecule has 7 heteroatoms. The summed E-state index contributed by atoms with van der Waals surface area (Å²) in [5, 5.41) is 7.53. The number of pyridine rings is 2. The molecule has 0 spiro atoms. The van der Waals surface area contributed by atoms with Gasteiger partial charge in [0.1, 0.15) is 0 Å². The average Bonchev–Trinajstić information content (AvgIpc) is 2.90. The van der Waals surface area contributed by atoms with Crippen LogP contribution in [0.4, 0.5) is 4.79 Å². The highest BCUT2D eigenvalue weighted by atomic mass is 32.2. The second-order valence-corrected chi connectivity index (χ2v) is 10.2. The van der Waals surface area contributed by atoms with E-state index in [-0.39, 0.29) is 6.09 Å². The Hall–Kier alpha value is -2.51. The molecule has 2 aromatic carbocycles. The lowest BCUT2D eigenvalue weighted by molar-refractivity contribution is 0.144. The summed E-state index contributed by atoms with van der Waals surface area (Å²) < 4.78 is 5.18. The summed E-state index contributed by atoms with van der Waals surface area (Å²) in [5.41, 5.74) is 1.94. The van der Waals surface area contributed by atoms with E-state index >= 15 is 0 Å². The van der Waals surface area contributed by atoms with Crippen molar-refractivity contribution in [1.82, 2.24) is 15.3 Å². The van der Waals surface area contributed by atoms with Gasteiger partial charge in [0, 0.05) is 34.6 Å². The quantitative estimate of drug-likeness (QED) is 0.0853. The number of nitrogens with zero attached hydrogens (tertiary/aromatic N) is 2. The molecule has 1 N–H and O–H groups in total. The average molecular weight is 508 g/mol. The minimum Gasteiger partial charge on any atom is -0.450 e. The van der Waals surface area contributed by atoms with Gasteiger partial charge in [0.15, 0.2) is 0 Å². The van der Waals surface area contributed by atoms with Crippen LogP contribution in [0.5, 0.6) is 0 Å². The number of nitrogens with one attached hydrogen (secondary N) is 1. The van der Waals surface area contributed by atoms with Crippen molar-refractivity contribution in [2.45, 2.75) is 49.8 Å². The van der Waals surface area contributed by atoms with Crippen molar-refractivity contribution in [3.63, 3.8) is 0 Å². The standard InChI is InChI=1S/C28H33N3O2S2/c32-28(31-16-9-18-34)33-17-5-3-1-2-4-6-19-35-21-12-13-22-23-10-7-14-29-26(23)27-24(25(22)20-21)11-8-15-30-27/h7-8,10-15,20,34H,1-6,9,16-19H2,(H,31,32). The fourth-order valence-electron chi connectivity index (χ4n) is 4.28. The van der Waals surface area contributed by atoms with E-state index in [2.05, 4.69) is 58.2 Å². The van der Waals surface area contributed by atoms with Crippen LogP contribution in [0.1, 0.15) is 44.9 Å². The van der Waals surface area contributed by atoms with Crippen molar-refractivity contribution < 1.29 is 9.53 Å². The predicted octanol–water partition coefficient (Wildman–Crippen LogP) is 7.42. The fraction of sp³-hybridized carbons (Fsp3) is 0.393. The lowest BCUT2D eigenvalue weighted by atomic mass is 10.0. The summed E-state index contributed by atoms with van der Waals surface area (Å²) in [6.07, 6.45) is 11.1. The van der Waals surface area contributed by atoms with Gasteiger partial charge >= 0.3 is 6.09 Å². The normalized spacial score (nSPS) is 11.3. The maximum atomic E-state index is 11.5. The van der Waals surface area contributed by atoms with Crippen LogP contribution in [0.2, 0.25) is 0 Å². The third-order valence-electron chi connectivity index (χ3n) is 6.06.